The zero-order chi connectivity index (χ0) is 26.6. The number of benzene rings is 2. The quantitative estimate of drug-likeness (QED) is 0.378. The maximum absolute atomic E-state index is 13.2. The fraction of sp³-hybridized carbons (Fsp3) is 0.393. The largest absolute Gasteiger partial charge is 0.322 e. The first-order valence-electron chi connectivity index (χ1n) is 12.1. The molecule has 0 saturated carbocycles. The molecule has 3 amide bonds. The van der Waals surface area contributed by atoms with Gasteiger partial charge in [0, 0.05) is 28.7 Å². The summed E-state index contributed by atoms with van der Waals surface area (Å²) in [5.41, 5.74) is 4.10. The highest BCUT2D eigenvalue weighted by atomic mass is 35.5. The number of nitrogens with zero attached hydrogens (tertiary/aromatic N) is 3. The second-order valence-corrected chi connectivity index (χ2v) is 11.0. The van der Waals surface area contributed by atoms with Crippen LogP contribution in [0.3, 0.4) is 0 Å². The third kappa shape index (κ3) is 7.10. The van der Waals surface area contributed by atoms with Crippen LogP contribution in [-0.4, -0.2) is 39.7 Å². The van der Waals surface area contributed by atoms with Gasteiger partial charge in [0.1, 0.15) is 12.4 Å². The molecule has 0 aliphatic heterocycles. The van der Waals surface area contributed by atoms with Crippen LogP contribution in [0.2, 0.25) is 5.02 Å². The molecule has 0 aliphatic carbocycles. The van der Waals surface area contributed by atoms with Crippen molar-refractivity contribution >= 4 is 35.0 Å². The van der Waals surface area contributed by atoms with E-state index in [-0.39, 0.29) is 29.8 Å². The number of carbonyl (C=O) groups excluding carboxylic acids is 2. The Morgan fingerprint density at radius 3 is 2.39 bits per heavy atom. The number of carbonyl (C=O) groups is 2. The zero-order valence-electron chi connectivity index (χ0n) is 22.1. The Morgan fingerprint density at radius 2 is 1.78 bits per heavy atom. The number of hydrogen-bond acceptors (Lipinski definition) is 3. The van der Waals surface area contributed by atoms with Crippen LogP contribution in [0, 0.1) is 19.8 Å². The number of halogens is 1. The number of anilines is 2. The van der Waals surface area contributed by atoms with E-state index < -0.39 is 0 Å². The van der Waals surface area contributed by atoms with Gasteiger partial charge in [-0.3, -0.25) is 4.79 Å². The summed E-state index contributed by atoms with van der Waals surface area (Å²) < 4.78 is 1.74. The van der Waals surface area contributed by atoms with Crippen LogP contribution in [0.4, 0.5) is 16.3 Å². The lowest BCUT2D eigenvalue weighted by Gasteiger charge is -2.24. The molecule has 2 aromatic carbocycles. The second kappa shape index (κ2) is 11.2. The van der Waals surface area contributed by atoms with Crippen LogP contribution in [-0.2, 0) is 10.2 Å². The van der Waals surface area contributed by atoms with Gasteiger partial charge in [0.2, 0.25) is 5.91 Å². The van der Waals surface area contributed by atoms with Crippen LogP contribution in [0.15, 0.2) is 48.5 Å². The molecule has 0 bridgehead atoms. The Bertz CT molecular complexity index is 1240. The van der Waals surface area contributed by atoms with Gasteiger partial charge in [-0.2, -0.15) is 5.10 Å². The van der Waals surface area contributed by atoms with E-state index in [4.69, 9.17) is 16.7 Å². The van der Waals surface area contributed by atoms with Crippen molar-refractivity contribution in [3.8, 4) is 5.69 Å². The van der Waals surface area contributed by atoms with Gasteiger partial charge in [-0.05, 0) is 55.2 Å². The minimum Gasteiger partial charge on any atom is -0.315 e. The molecule has 8 heteroatoms. The molecule has 36 heavy (non-hydrogen) atoms. The van der Waals surface area contributed by atoms with Crippen molar-refractivity contribution in [3.63, 3.8) is 0 Å². The number of hydrogen-bond donors (Lipinski definition) is 2. The summed E-state index contributed by atoms with van der Waals surface area (Å²) in [6.07, 6.45) is 0. The maximum Gasteiger partial charge on any atom is 0.322 e. The van der Waals surface area contributed by atoms with E-state index in [1.165, 1.54) is 4.90 Å². The molecule has 0 radical (unpaired) electrons. The van der Waals surface area contributed by atoms with Gasteiger partial charge in [0.05, 0.1) is 11.4 Å². The molecule has 0 unspecified atom stereocenters. The highest BCUT2D eigenvalue weighted by Crippen LogP contribution is 2.27. The van der Waals surface area contributed by atoms with Crippen molar-refractivity contribution < 1.29 is 9.59 Å². The molecule has 0 saturated heterocycles. The topological polar surface area (TPSA) is 79.3 Å². The van der Waals surface area contributed by atoms with Crippen molar-refractivity contribution in [1.29, 1.82) is 0 Å². The van der Waals surface area contributed by atoms with E-state index in [1.807, 2.05) is 64.1 Å². The fourth-order valence-electron chi connectivity index (χ4n) is 3.68. The third-order valence-electron chi connectivity index (χ3n) is 5.62. The highest BCUT2D eigenvalue weighted by molar-refractivity contribution is 6.31. The normalized spacial score (nSPS) is 11.5. The van der Waals surface area contributed by atoms with Crippen LogP contribution in [0.25, 0.3) is 5.69 Å². The molecule has 7 nitrogen and oxygen atoms in total. The lowest BCUT2D eigenvalue weighted by atomic mass is 9.92. The van der Waals surface area contributed by atoms with Gasteiger partial charge in [-0.15, -0.1) is 0 Å². The van der Waals surface area contributed by atoms with E-state index in [2.05, 4.69) is 31.4 Å². The molecule has 1 aromatic heterocycles. The van der Waals surface area contributed by atoms with Crippen molar-refractivity contribution in [3.05, 3.63) is 70.4 Å². The third-order valence-corrected chi connectivity index (χ3v) is 6.03. The average molecular weight is 510 g/mol. The summed E-state index contributed by atoms with van der Waals surface area (Å²) in [5, 5.41) is 11.2. The standard InChI is InChI=1S/C28H36ClN5O2/c1-18(2)16-33(27(36)30-21-12-11-20(4)23(29)14-21)17-26(35)31-25-15-24(28(5,6)7)32-34(25)22-10-8-9-19(3)13-22/h8-15,18H,16-17H2,1-7H3,(H,30,36)(H,31,35). The van der Waals surface area contributed by atoms with Crippen molar-refractivity contribution in [2.45, 2.75) is 53.9 Å². The van der Waals surface area contributed by atoms with Gasteiger partial charge in [0.25, 0.3) is 0 Å². The lowest BCUT2D eigenvalue weighted by Crippen LogP contribution is -2.42. The minimum atomic E-state index is -0.360. The first kappa shape index (κ1) is 27.3. The Kier molecular flexibility index (Phi) is 8.46. The predicted octanol–water partition coefficient (Wildman–Crippen LogP) is 6.57. The van der Waals surface area contributed by atoms with Gasteiger partial charge < -0.3 is 15.5 Å². The molecule has 3 rings (SSSR count). The molecule has 2 N–H and O–H groups in total. The smallest absolute Gasteiger partial charge is 0.315 e. The lowest BCUT2D eigenvalue weighted by molar-refractivity contribution is -0.116. The van der Waals surface area contributed by atoms with Crippen molar-refractivity contribution in [2.75, 3.05) is 23.7 Å². The van der Waals surface area contributed by atoms with Crippen LogP contribution >= 0.6 is 11.6 Å². The highest BCUT2D eigenvalue weighted by Gasteiger charge is 2.23. The molecule has 0 atom stereocenters. The molecule has 0 fully saturated rings. The fourth-order valence-corrected chi connectivity index (χ4v) is 3.86. The number of aryl methyl sites for hydroxylation is 2. The summed E-state index contributed by atoms with van der Waals surface area (Å²) in [5.74, 6) is 0.434. The van der Waals surface area contributed by atoms with Gasteiger partial charge >= 0.3 is 6.03 Å². The molecular formula is C28H36ClN5O2. The number of rotatable bonds is 7. The van der Waals surface area contributed by atoms with Gasteiger partial charge in [-0.25, -0.2) is 9.48 Å². The Hall–Kier alpha value is -3.32. The Labute approximate surface area is 218 Å². The molecule has 0 aliphatic rings. The number of amides is 3. The number of nitrogens with one attached hydrogen (secondary N) is 2. The summed E-state index contributed by atoms with van der Waals surface area (Å²) in [6.45, 7) is 14.5. The summed E-state index contributed by atoms with van der Waals surface area (Å²) in [4.78, 5) is 27.7. The first-order chi connectivity index (χ1) is 16.8. The van der Waals surface area contributed by atoms with E-state index in [1.54, 1.807) is 16.8 Å². The van der Waals surface area contributed by atoms with Crippen molar-refractivity contribution in [2.24, 2.45) is 5.92 Å². The van der Waals surface area contributed by atoms with Crippen LogP contribution in [0.1, 0.15) is 51.4 Å². The van der Waals surface area contributed by atoms with E-state index in [9.17, 15) is 9.59 Å². The molecule has 192 valence electrons. The minimum absolute atomic E-state index is 0.104. The molecular weight excluding hydrogens is 474 g/mol. The molecule has 0 spiro atoms. The van der Waals surface area contributed by atoms with Crippen LogP contribution in [0.5, 0.6) is 0 Å². The average Bonchev–Trinajstić information content (AvgIpc) is 3.19. The summed E-state index contributed by atoms with van der Waals surface area (Å²) >= 11 is 6.21. The van der Waals surface area contributed by atoms with E-state index >= 15 is 0 Å². The number of aromatic nitrogens is 2. The van der Waals surface area contributed by atoms with E-state index in [0.717, 1.165) is 22.5 Å². The van der Waals surface area contributed by atoms with Crippen molar-refractivity contribution in [1.82, 2.24) is 14.7 Å². The Balaban J connectivity index is 1.82. The monoisotopic (exact) mass is 509 g/mol. The van der Waals surface area contributed by atoms with Gasteiger partial charge in [0.15, 0.2) is 0 Å². The van der Waals surface area contributed by atoms with Crippen LogP contribution < -0.4 is 10.6 Å². The SMILES string of the molecule is Cc1cccc(-n2nc(C(C)(C)C)cc2NC(=O)CN(CC(C)C)C(=O)Nc2ccc(C)c(Cl)c2)c1. The maximum atomic E-state index is 13.2. The Morgan fingerprint density at radius 1 is 1.06 bits per heavy atom. The predicted molar refractivity (Wildman–Crippen MR) is 147 cm³/mol. The molecule has 1 heterocycles. The summed E-state index contributed by atoms with van der Waals surface area (Å²) in [7, 11) is 0. The summed E-state index contributed by atoms with van der Waals surface area (Å²) in [6, 6.07) is 14.8. The first-order valence-corrected chi connectivity index (χ1v) is 12.5. The second-order valence-electron chi connectivity index (χ2n) is 10.6. The number of urea groups is 1. The van der Waals surface area contributed by atoms with E-state index in [0.29, 0.717) is 23.1 Å². The molecule has 3 aromatic rings. The zero-order valence-corrected chi connectivity index (χ0v) is 22.9. The van der Waals surface area contributed by atoms with Gasteiger partial charge in [-0.1, -0.05) is 64.4 Å².